The highest BCUT2D eigenvalue weighted by molar-refractivity contribution is 5.72. The van der Waals surface area contributed by atoms with Gasteiger partial charge in [0.25, 0.3) is 0 Å². The van der Waals surface area contributed by atoms with Crippen LogP contribution in [0.2, 0.25) is 0 Å². The van der Waals surface area contributed by atoms with E-state index >= 15 is 0 Å². The monoisotopic (exact) mass is 314 g/mol. The van der Waals surface area contributed by atoms with Crippen molar-refractivity contribution in [3.63, 3.8) is 0 Å². The van der Waals surface area contributed by atoms with Crippen molar-refractivity contribution in [1.29, 1.82) is 0 Å². The third-order valence-corrected chi connectivity index (χ3v) is 4.15. The molecule has 0 saturated heterocycles. The molecule has 0 aliphatic carbocycles. The zero-order valence-corrected chi connectivity index (χ0v) is 14.0. The lowest BCUT2D eigenvalue weighted by atomic mass is 9.94. The smallest absolute Gasteiger partial charge is 0.0713 e. The minimum Gasteiger partial charge on any atom is -0.380 e. The van der Waals surface area contributed by atoms with Crippen molar-refractivity contribution >= 4 is 0 Å². The van der Waals surface area contributed by atoms with E-state index in [1.54, 1.807) is 7.11 Å². The lowest BCUT2D eigenvalue weighted by Gasteiger charge is -2.12. The van der Waals surface area contributed by atoms with Crippen LogP contribution >= 0.6 is 0 Å². The molecule has 0 aliphatic heterocycles. The lowest BCUT2D eigenvalue weighted by Crippen LogP contribution is -1.94. The Hall–Kier alpha value is -2.64. The van der Waals surface area contributed by atoms with Gasteiger partial charge in [-0.25, -0.2) is 0 Å². The minimum absolute atomic E-state index is 0.636. The average Bonchev–Trinajstić information content (AvgIpc) is 2.64. The van der Waals surface area contributed by atoms with Crippen molar-refractivity contribution in [1.82, 2.24) is 0 Å². The summed E-state index contributed by atoms with van der Waals surface area (Å²) in [6.07, 6.45) is 2.81. The first kappa shape index (κ1) is 16.2. The molecule has 24 heavy (non-hydrogen) atoms. The maximum absolute atomic E-state index is 5.25. The fourth-order valence-electron chi connectivity index (χ4n) is 2.98. The lowest BCUT2D eigenvalue weighted by molar-refractivity contribution is 0.185. The maximum atomic E-state index is 5.25. The van der Waals surface area contributed by atoms with E-state index in [0.717, 1.165) is 6.42 Å². The molecule has 3 aromatic carbocycles. The van der Waals surface area contributed by atoms with Gasteiger partial charge in [0.05, 0.1) is 6.61 Å². The van der Waals surface area contributed by atoms with Gasteiger partial charge in [-0.2, -0.15) is 0 Å². The van der Waals surface area contributed by atoms with Gasteiger partial charge in [0.2, 0.25) is 0 Å². The molecule has 0 aromatic heterocycles. The zero-order chi connectivity index (χ0) is 16.8. The second kappa shape index (κ2) is 7.76. The van der Waals surface area contributed by atoms with Gasteiger partial charge < -0.3 is 4.74 Å². The summed E-state index contributed by atoms with van der Waals surface area (Å²) in [4.78, 5) is 0. The van der Waals surface area contributed by atoms with Gasteiger partial charge in [-0.05, 0) is 39.8 Å². The van der Waals surface area contributed by atoms with Gasteiger partial charge in [-0.15, -0.1) is 6.58 Å². The molecule has 3 aromatic rings. The van der Waals surface area contributed by atoms with E-state index in [9.17, 15) is 0 Å². The number of hydrogen-bond donors (Lipinski definition) is 0. The van der Waals surface area contributed by atoms with Gasteiger partial charge in [0.15, 0.2) is 0 Å². The molecule has 3 rings (SSSR count). The summed E-state index contributed by atoms with van der Waals surface area (Å²) in [5, 5.41) is 0. The van der Waals surface area contributed by atoms with E-state index in [-0.39, 0.29) is 0 Å². The van der Waals surface area contributed by atoms with Crippen molar-refractivity contribution in [2.75, 3.05) is 7.11 Å². The molecule has 0 atom stereocenters. The first-order valence-electron chi connectivity index (χ1n) is 8.19. The number of allylic oxidation sites excluding steroid dienone is 1. The highest BCUT2D eigenvalue weighted by Gasteiger charge is 2.06. The third kappa shape index (κ3) is 3.64. The maximum Gasteiger partial charge on any atom is 0.0713 e. The van der Waals surface area contributed by atoms with Gasteiger partial charge in [-0.1, -0.05) is 78.9 Å². The zero-order valence-electron chi connectivity index (χ0n) is 14.0. The van der Waals surface area contributed by atoms with Crippen molar-refractivity contribution < 1.29 is 4.74 Å². The number of benzene rings is 3. The van der Waals surface area contributed by atoms with E-state index in [0.29, 0.717) is 6.61 Å². The molecular weight excluding hydrogens is 292 g/mol. The molecule has 1 nitrogen and oxygen atoms in total. The fraction of sp³-hybridized carbons (Fsp3) is 0.130. The van der Waals surface area contributed by atoms with E-state index in [1.807, 2.05) is 12.1 Å². The summed E-state index contributed by atoms with van der Waals surface area (Å²) < 4.78 is 5.25. The second-order valence-corrected chi connectivity index (χ2v) is 5.86. The van der Waals surface area contributed by atoms with Crippen LogP contribution in [0.5, 0.6) is 0 Å². The van der Waals surface area contributed by atoms with Crippen LogP contribution in [0.15, 0.2) is 85.5 Å². The quantitative estimate of drug-likeness (QED) is 0.515. The second-order valence-electron chi connectivity index (χ2n) is 5.86. The molecule has 0 spiro atoms. The van der Waals surface area contributed by atoms with E-state index in [4.69, 9.17) is 4.74 Å². The van der Waals surface area contributed by atoms with Crippen molar-refractivity contribution in [2.45, 2.75) is 13.0 Å². The molecule has 120 valence electrons. The molecule has 0 saturated carbocycles. The first-order chi connectivity index (χ1) is 11.8. The Bertz CT molecular complexity index is 801. The summed E-state index contributed by atoms with van der Waals surface area (Å²) in [5.74, 6) is 0. The number of methoxy groups -OCH3 is 1. The number of hydrogen-bond acceptors (Lipinski definition) is 1. The van der Waals surface area contributed by atoms with Crippen LogP contribution in [0, 0.1) is 0 Å². The highest BCUT2D eigenvalue weighted by Crippen LogP contribution is 2.28. The van der Waals surface area contributed by atoms with E-state index in [1.165, 1.54) is 33.4 Å². The Morgan fingerprint density at radius 3 is 2.17 bits per heavy atom. The topological polar surface area (TPSA) is 9.23 Å². The molecule has 0 heterocycles. The Morgan fingerprint density at radius 2 is 1.50 bits per heavy atom. The molecule has 0 fully saturated rings. The molecule has 0 amide bonds. The molecule has 1 heteroatoms. The predicted octanol–water partition coefficient (Wildman–Crippen LogP) is 5.90. The summed E-state index contributed by atoms with van der Waals surface area (Å²) in [6, 6.07) is 25.8. The van der Waals surface area contributed by atoms with Crippen molar-refractivity contribution in [3.05, 3.63) is 96.6 Å². The van der Waals surface area contributed by atoms with Crippen LogP contribution in [0.25, 0.3) is 22.3 Å². The van der Waals surface area contributed by atoms with Crippen LogP contribution in [0.3, 0.4) is 0 Å². The van der Waals surface area contributed by atoms with Crippen LogP contribution < -0.4 is 0 Å². The van der Waals surface area contributed by atoms with Gasteiger partial charge in [0.1, 0.15) is 0 Å². The summed E-state index contributed by atoms with van der Waals surface area (Å²) in [5.41, 5.74) is 7.45. The number of rotatable bonds is 6. The summed E-state index contributed by atoms with van der Waals surface area (Å²) in [6.45, 7) is 4.53. The molecule has 0 N–H and O–H groups in total. The van der Waals surface area contributed by atoms with Crippen LogP contribution in [-0.2, 0) is 17.8 Å². The third-order valence-electron chi connectivity index (χ3n) is 4.15. The molecule has 0 radical (unpaired) electrons. The Morgan fingerprint density at radius 1 is 0.833 bits per heavy atom. The predicted molar refractivity (Wildman–Crippen MR) is 102 cm³/mol. The standard InChI is InChI=1S/C23H22O/c1-3-7-22-16-18(17-24-2)10-15-23(22)21-13-11-20(12-14-21)19-8-5-4-6-9-19/h3-6,8-16H,1,7,17H2,2H3. The SMILES string of the molecule is C=CCc1cc(COC)ccc1-c1ccc(-c2ccccc2)cc1. The van der Waals surface area contributed by atoms with Gasteiger partial charge >= 0.3 is 0 Å². The van der Waals surface area contributed by atoms with E-state index < -0.39 is 0 Å². The normalized spacial score (nSPS) is 10.5. The van der Waals surface area contributed by atoms with Gasteiger partial charge in [-0.3, -0.25) is 0 Å². The molecule has 0 bridgehead atoms. The number of ether oxygens (including phenoxy) is 1. The largest absolute Gasteiger partial charge is 0.380 e. The van der Waals surface area contributed by atoms with Crippen LogP contribution in [-0.4, -0.2) is 7.11 Å². The fourth-order valence-corrected chi connectivity index (χ4v) is 2.98. The van der Waals surface area contributed by atoms with Gasteiger partial charge in [0, 0.05) is 7.11 Å². The first-order valence-corrected chi connectivity index (χ1v) is 8.19. The van der Waals surface area contributed by atoms with Crippen LogP contribution in [0.4, 0.5) is 0 Å². The summed E-state index contributed by atoms with van der Waals surface area (Å²) >= 11 is 0. The minimum atomic E-state index is 0.636. The Balaban J connectivity index is 1.95. The van der Waals surface area contributed by atoms with Crippen molar-refractivity contribution in [3.8, 4) is 22.3 Å². The van der Waals surface area contributed by atoms with E-state index in [2.05, 4.69) is 73.3 Å². The summed E-state index contributed by atoms with van der Waals surface area (Å²) in [7, 11) is 1.73. The van der Waals surface area contributed by atoms with Crippen molar-refractivity contribution in [2.24, 2.45) is 0 Å². The molecule has 0 aliphatic rings. The molecule has 0 unspecified atom stereocenters. The average molecular weight is 314 g/mol. The Labute approximate surface area is 144 Å². The highest BCUT2D eigenvalue weighted by atomic mass is 16.5. The molecular formula is C23H22O. The Kier molecular flexibility index (Phi) is 5.25. The van der Waals surface area contributed by atoms with Crippen LogP contribution in [0.1, 0.15) is 11.1 Å².